The summed E-state index contributed by atoms with van der Waals surface area (Å²) in [4.78, 5) is 53.0. The highest BCUT2D eigenvalue weighted by molar-refractivity contribution is 5.92. The molecule has 2 saturated carbocycles. The van der Waals surface area contributed by atoms with Crippen LogP contribution in [0, 0.1) is 34.0 Å². The first-order chi connectivity index (χ1) is 24.5. The third-order valence-corrected chi connectivity index (χ3v) is 13.3. The maximum absolute atomic E-state index is 14.7. The number of amides is 3. The molecule has 0 radical (unpaired) electrons. The van der Waals surface area contributed by atoms with Gasteiger partial charge in [0.1, 0.15) is 6.04 Å². The van der Waals surface area contributed by atoms with Crippen LogP contribution in [-0.2, 0) is 28.6 Å². The van der Waals surface area contributed by atoms with E-state index in [1.807, 2.05) is 28.9 Å². The van der Waals surface area contributed by atoms with Crippen molar-refractivity contribution in [2.75, 3.05) is 71.1 Å². The summed E-state index contributed by atoms with van der Waals surface area (Å²) in [6.07, 6.45) is 8.57. The van der Waals surface area contributed by atoms with E-state index >= 15 is 0 Å². The Morgan fingerprint density at radius 1 is 1.10 bits per heavy atom. The lowest BCUT2D eigenvalue weighted by Crippen LogP contribution is -2.65. The molecule has 5 atom stereocenters. The van der Waals surface area contributed by atoms with Gasteiger partial charge in [-0.25, -0.2) is 4.98 Å². The lowest BCUT2D eigenvalue weighted by Gasteiger charge is -2.51. The van der Waals surface area contributed by atoms with E-state index in [0.717, 1.165) is 56.1 Å². The van der Waals surface area contributed by atoms with Gasteiger partial charge in [0, 0.05) is 69.3 Å². The molecule has 2 aliphatic carbocycles. The Balaban J connectivity index is 1.03. The second-order valence-electron chi connectivity index (χ2n) is 17.4. The number of piperidine rings is 1. The van der Waals surface area contributed by atoms with E-state index in [1.165, 1.54) is 0 Å². The Morgan fingerprint density at radius 3 is 2.59 bits per heavy atom. The van der Waals surface area contributed by atoms with Gasteiger partial charge >= 0.3 is 0 Å². The monoisotopic (exact) mass is 705 g/mol. The van der Waals surface area contributed by atoms with Crippen LogP contribution in [0.15, 0.2) is 18.3 Å². The molecule has 2 aromatic heterocycles. The van der Waals surface area contributed by atoms with E-state index in [9.17, 15) is 14.4 Å². The summed E-state index contributed by atoms with van der Waals surface area (Å²) >= 11 is 0. The SMILES string of the molecule is COC[C@H]1CCCN(C(=O)[C@@H](NC(=O)[C@@H]2CN(c3n[nH]c4ncccc34)CC23CN(C(=O)[C@H]2CC2(C)C)C3)[C@@H](C)OCC23CCC(CC2)OC3)C1. The first-order valence-corrected chi connectivity index (χ1v) is 19.1. The van der Waals surface area contributed by atoms with Gasteiger partial charge in [-0.15, -0.1) is 0 Å². The molecule has 7 heterocycles. The maximum Gasteiger partial charge on any atom is 0.247 e. The van der Waals surface area contributed by atoms with E-state index in [-0.39, 0.29) is 40.4 Å². The molecular weight excluding hydrogens is 650 g/mol. The Morgan fingerprint density at radius 2 is 1.88 bits per heavy atom. The van der Waals surface area contributed by atoms with Crippen molar-refractivity contribution in [3.63, 3.8) is 0 Å². The average Bonchev–Trinajstić information content (AvgIpc) is 3.42. The largest absolute Gasteiger partial charge is 0.384 e. The number of nitrogens with zero attached hydrogens (tertiary/aromatic N) is 5. The molecule has 1 spiro atoms. The number of hydrogen-bond donors (Lipinski definition) is 2. The maximum atomic E-state index is 14.7. The van der Waals surface area contributed by atoms with Crippen LogP contribution >= 0.6 is 0 Å². The van der Waals surface area contributed by atoms with Gasteiger partial charge in [-0.2, -0.15) is 5.10 Å². The van der Waals surface area contributed by atoms with E-state index in [2.05, 4.69) is 39.2 Å². The van der Waals surface area contributed by atoms with Gasteiger partial charge < -0.3 is 34.2 Å². The average molecular weight is 706 g/mol. The quantitative estimate of drug-likeness (QED) is 0.361. The fourth-order valence-electron chi connectivity index (χ4n) is 9.74. The van der Waals surface area contributed by atoms with Crippen LogP contribution < -0.4 is 10.2 Å². The number of likely N-dealkylation sites (tertiary alicyclic amines) is 2. The van der Waals surface area contributed by atoms with Crippen LogP contribution in [0.25, 0.3) is 11.0 Å². The van der Waals surface area contributed by atoms with Gasteiger partial charge in [0.25, 0.3) is 0 Å². The molecule has 13 nitrogen and oxygen atoms in total. The molecule has 51 heavy (non-hydrogen) atoms. The number of carbonyl (C=O) groups is 3. The molecule has 2 N–H and O–H groups in total. The number of carbonyl (C=O) groups excluding carboxylic acids is 3. The summed E-state index contributed by atoms with van der Waals surface area (Å²) in [6.45, 7) is 11.3. The number of nitrogens with one attached hydrogen (secondary N) is 2. The van der Waals surface area contributed by atoms with E-state index in [0.29, 0.717) is 70.8 Å². The number of aromatic nitrogens is 3. The molecule has 3 amide bonds. The Labute approximate surface area is 300 Å². The number of pyridine rings is 1. The first kappa shape index (κ1) is 34.8. The predicted octanol–water partition coefficient (Wildman–Crippen LogP) is 3.00. The highest BCUT2D eigenvalue weighted by atomic mass is 16.5. The molecule has 2 bridgehead atoms. The third kappa shape index (κ3) is 6.52. The number of fused-ring (bicyclic) bond motifs is 4. The molecule has 9 rings (SSSR count). The minimum Gasteiger partial charge on any atom is -0.384 e. The molecule has 7 aliphatic rings. The molecule has 13 heteroatoms. The fourth-order valence-corrected chi connectivity index (χ4v) is 9.74. The summed E-state index contributed by atoms with van der Waals surface area (Å²) in [5.74, 6) is 0.503. The van der Waals surface area contributed by atoms with Gasteiger partial charge in [0.05, 0.1) is 43.3 Å². The van der Waals surface area contributed by atoms with Crippen LogP contribution in [0.4, 0.5) is 5.82 Å². The van der Waals surface area contributed by atoms with Crippen molar-refractivity contribution < 1.29 is 28.6 Å². The molecule has 7 fully saturated rings. The highest BCUT2D eigenvalue weighted by Gasteiger charge is 2.62. The van der Waals surface area contributed by atoms with Crippen molar-refractivity contribution in [1.29, 1.82) is 0 Å². The van der Waals surface area contributed by atoms with Gasteiger partial charge in [-0.1, -0.05) is 13.8 Å². The zero-order valence-electron chi connectivity index (χ0n) is 30.7. The number of rotatable bonds is 11. The van der Waals surface area contributed by atoms with Crippen molar-refractivity contribution in [2.45, 2.75) is 84.0 Å². The van der Waals surface area contributed by atoms with Crippen molar-refractivity contribution in [1.82, 2.24) is 30.3 Å². The van der Waals surface area contributed by atoms with Gasteiger partial charge in [-0.3, -0.25) is 19.5 Å². The number of hydrogen-bond acceptors (Lipinski definition) is 9. The van der Waals surface area contributed by atoms with Gasteiger partial charge in [0.15, 0.2) is 11.5 Å². The summed E-state index contributed by atoms with van der Waals surface area (Å²) < 4.78 is 18.1. The second-order valence-corrected chi connectivity index (χ2v) is 17.4. The van der Waals surface area contributed by atoms with E-state index < -0.39 is 23.5 Å². The number of aromatic amines is 1. The summed E-state index contributed by atoms with van der Waals surface area (Å²) in [6, 6.07) is 3.03. The number of anilines is 1. The van der Waals surface area contributed by atoms with Crippen molar-refractivity contribution >= 4 is 34.6 Å². The molecule has 2 aromatic rings. The molecule has 5 saturated heterocycles. The molecule has 5 aliphatic heterocycles. The highest BCUT2D eigenvalue weighted by Crippen LogP contribution is 2.55. The minimum absolute atomic E-state index is 0.0301. The zero-order chi connectivity index (χ0) is 35.5. The molecular formula is C38H55N7O6. The molecule has 278 valence electrons. The normalized spacial score (nSPS) is 31.8. The van der Waals surface area contributed by atoms with Crippen molar-refractivity contribution in [3.8, 4) is 0 Å². The minimum atomic E-state index is -0.845. The summed E-state index contributed by atoms with van der Waals surface area (Å²) in [7, 11) is 1.70. The summed E-state index contributed by atoms with van der Waals surface area (Å²) in [5, 5.41) is 11.8. The topological polar surface area (TPSA) is 142 Å². The van der Waals surface area contributed by atoms with Gasteiger partial charge in [-0.05, 0) is 75.3 Å². The van der Waals surface area contributed by atoms with Gasteiger partial charge in [0.2, 0.25) is 17.7 Å². The molecule has 0 aromatic carbocycles. The predicted molar refractivity (Wildman–Crippen MR) is 190 cm³/mol. The third-order valence-electron chi connectivity index (χ3n) is 13.3. The van der Waals surface area contributed by atoms with Crippen LogP contribution in [-0.4, -0.2) is 127 Å². The first-order valence-electron chi connectivity index (χ1n) is 19.1. The standard InChI is InChI=1S/C38H55N7O6/c1-24(50-22-37-11-9-26(10-12-37)51-23-37)30(35(48)43-14-6-7-25(16-43)18-49-4)40-33(46)29-17-44(32-27-8-5-13-39-31(27)41-42-32)19-38(29)20-45(21-38)34(47)28-15-36(28,2)3/h5,8,13,24-26,28-30H,6-7,9-12,14-23H2,1-4H3,(H,40,46)(H,39,41,42)/t24-,25+,26?,28-,29+,30+,37?/m1/s1. The lowest BCUT2D eigenvalue weighted by atomic mass is 9.70. The Hall–Kier alpha value is -3.29. The van der Waals surface area contributed by atoms with Crippen molar-refractivity contribution in [3.05, 3.63) is 18.3 Å². The van der Waals surface area contributed by atoms with E-state index in [1.54, 1.807) is 13.3 Å². The van der Waals surface area contributed by atoms with Crippen molar-refractivity contribution in [2.24, 2.45) is 34.0 Å². The Kier molecular flexibility index (Phi) is 9.06. The van der Waals surface area contributed by atoms with Crippen LogP contribution in [0.2, 0.25) is 0 Å². The van der Waals surface area contributed by atoms with E-state index in [4.69, 9.17) is 14.2 Å². The second kappa shape index (κ2) is 13.3. The lowest BCUT2D eigenvalue weighted by molar-refractivity contribution is -0.160. The number of H-pyrrole nitrogens is 1. The molecule has 0 unspecified atom stereocenters. The number of methoxy groups -OCH3 is 1. The van der Waals surface area contributed by atoms with Crippen LogP contribution in [0.5, 0.6) is 0 Å². The Bertz CT molecular complexity index is 1620. The number of ether oxygens (including phenoxy) is 3. The zero-order valence-corrected chi connectivity index (χ0v) is 30.7. The van der Waals surface area contributed by atoms with Crippen LogP contribution in [0.1, 0.15) is 65.7 Å². The smallest absolute Gasteiger partial charge is 0.247 e. The van der Waals surface area contributed by atoms with Crippen LogP contribution in [0.3, 0.4) is 0 Å². The summed E-state index contributed by atoms with van der Waals surface area (Å²) in [5.41, 5.74) is 0.222. The fraction of sp³-hybridized carbons (Fsp3) is 0.763.